The molecule has 1 fully saturated rings. The summed E-state index contributed by atoms with van der Waals surface area (Å²) in [6.07, 6.45) is 0.603. The quantitative estimate of drug-likeness (QED) is 0.688. The summed E-state index contributed by atoms with van der Waals surface area (Å²) in [6, 6.07) is 10.2. The molecule has 0 N–H and O–H groups in total. The number of carbonyl (C=O) groups excluding carboxylic acids is 1. The Hall–Kier alpha value is -1.56. The second-order valence-electron chi connectivity index (χ2n) is 6.50. The number of benzene rings is 1. The molecule has 1 aromatic heterocycles. The summed E-state index contributed by atoms with van der Waals surface area (Å²) in [6.45, 7) is 8.83. The molecule has 4 nitrogen and oxygen atoms in total. The number of hydrogen-bond acceptors (Lipinski definition) is 5. The average Bonchev–Trinajstić information content (AvgIpc) is 2.98. The number of aryl methyl sites for hydroxylation is 2. The molecule has 0 bridgehead atoms. The van der Waals surface area contributed by atoms with E-state index in [2.05, 4.69) is 22.8 Å². The van der Waals surface area contributed by atoms with E-state index >= 15 is 0 Å². The van der Waals surface area contributed by atoms with Gasteiger partial charge >= 0.3 is 0 Å². The second-order valence-corrected chi connectivity index (χ2v) is 7.96. The number of thiophene rings is 1. The lowest BCUT2D eigenvalue weighted by atomic mass is 10.1. The Kier molecular flexibility index (Phi) is 7.50. The molecule has 1 aliphatic rings. The topological polar surface area (TPSA) is 32.8 Å². The van der Waals surface area contributed by atoms with Gasteiger partial charge in [0.25, 0.3) is 0 Å². The van der Waals surface area contributed by atoms with Crippen molar-refractivity contribution in [1.29, 1.82) is 0 Å². The first-order valence-corrected chi connectivity index (χ1v) is 9.60. The normalized spacial score (nSPS) is 14.8. The van der Waals surface area contributed by atoms with Crippen molar-refractivity contribution in [2.75, 3.05) is 44.7 Å². The molecule has 0 atom stereocenters. The third-order valence-electron chi connectivity index (χ3n) is 4.79. The van der Waals surface area contributed by atoms with E-state index in [9.17, 15) is 4.79 Å². The SMILES string of the molecule is COc1ccccc1N1CCN(CCC(=O)c2cc(C)sc2C)CC1.Cl. The van der Waals surface area contributed by atoms with Crippen LogP contribution in [-0.4, -0.2) is 50.5 Å². The van der Waals surface area contributed by atoms with Gasteiger partial charge in [-0.2, -0.15) is 0 Å². The van der Waals surface area contributed by atoms with E-state index in [1.54, 1.807) is 18.4 Å². The molecule has 0 amide bonds. The molecule has 0 unspecified atom stereocenters. The molecule has 1 aromatic carbocycles. The minimum Gasteiger partial charge on any atom is -0.495 e. The van der Waals surface area contributed by atoms with Crippen molar-refractivity contribution in [3.05, 3.63) is 45.6 Å². The van der Waals surface area contributed by atoms with Crippen LogP contribution in [0.2, 0.25) is 0 Å². The fraction of sp³-hybridized carbons (Fsp3) is 0.450. The maximum Gasteiger partial charge on any atom is 0.165 e. The van der Waals surface area contributed by atoms with E-state index < -0.39 is 0 Å². The maximum atomic E-state index is 12.4. The van der Waals surface area contributed by atoms with Crippen LogP contribution < -0.4 is 9.64 Å². The Balaban J connectivity index is 0.00000243. The van der Waals surface area contributed by atoms with Gasteiger partial charge in [-0.3, -0.25) is 9.69 Å². The van der Waals surface area contributed by atoms with Gasteiger partial charge in [0.1, 0.15) is 5.75 Å². The Bertz CT molecular complexity index is 739. The summed E-state index contributed by atoms with van der Waals surface area (Å²) in [5.74, 6) is 1.20. The summed E-state index contributed by atoms with van der Waals surface area (Å²) in [4.78, 5) is 19.6. The lowest BCUT2D eigenvalue weighted by Gasteiger charge is -2.36. The number of carbonyl (C=O) groups is 1. The summed E-state index contributed by atoms with van der Waals surface area (Å²) in [5.41, 5.74) is 2.07. The van der Waals surface area contributed by atoms with Gasteiger partial charge in [-0.05, 0) is 32.0 Å². The lowest BCUT2D eigenvalue weighted by Crippen LogP contribution is -2.47. The van der Waals surface area contributed by atoms with Gasteiger partial charge in [0.2, 0.25) is 0 Å². The van der Waals surface area contributed by atoms with Gasteiger partial charge in [-0.25, -0.2) is 0 Å². The molecule has 26 heavy (non-hydrogen) atoms. The molecule has 2 aromatic rings. The zero-order chi connectivity index (χ0) is 17.8. The number of nitrogens with zero attached hydrogens (tertiary/aromatic N) is 2. The zero-order valence-electron chi connectivity index (χ0n) is 15.7. The number of piperazine rings is 1. The van der Waals surface area contributed by atoms with Gasteiger partial charge in [-0.15, -0.1) is 23.7 Å². The van der Waals surface area contributed by atoms with Crippen molar-refractivity contribution in [1.82, 2.24) is 4.90 Å². The highest BCUT2D eigenvalue weighted by atomic mass is 35.5. The highest BCUT2D eigenvalue weighted by Crippen LogP contribution is 2.28. The first kappa shape index (κ1) is 20.7. The third kappa shape index (κ3) is 4.78. The van der Waals surface area contributed by atoms with Gasteiger partial charge in [0.15, 0.2) is 5.78 Å². The first-order valence-electron chi connectivity index (χ1n) is 8.79. The molecule has 2 heterocycles. The van der Waals surface area contributed by atoms with Crippen molar-refractivity contribution in [3.63, 3.8) is 0 Å². The number of anilines is 1. The Labute approximate surface area is 166 Å². The third-order valence-corrected chi connectivity index (χ3v) is 5.76. The smallest absolute Gasteiger partial charge is 0.165 e. The number of rotatable bonds is 6. The molecular weight excluding hydrogens is 368 g/mol. The zero-order valence-corrected chi connectivity index (χ0v) is 17.3. The highest BCUT2D eigenvalue weighted by molar-refractivity contribution is 7.12. The molecule has 6 heteroatoms. The van der Waals surface area contributed by atoms with E-state index in [1.807, 2.05) is 31.2 Å². The van der Waals surface area contributed by atoms with Crippen LogP contribution in [0.25, 0.3) is 0 Å². The van der Waals surface area contributed by atoms with Crippen molar-refractivity contribution < 1.29 is 9.53 Å². The number of halogens is 1. The summed E-state index contributed by atoms with van der Waals surface area (Å²) >= 11 is 1.71. The first-order chi connectivity index (χ1) is 12.1. The van der Waals surface area contributed by atoms with E-state index in [0.29, 0.717) is 6.42 Å². The minimum absolute atomic E-state index is 0. The van der Waals surface area contributed by atoms with Crippen LogP contribution in [0.4, 0.5) is 5.69 Å². The van der Waals surface area contributed by atoms with Crippen LogP contribution >= 0.6 is 23.7 Å². The van der Waals surface area contributed by atoms with Crippen molar-refractivity contribution in [2.45, 2.75) is 20.3 Å². The monoisotopic (exact) mass is 394 g/mol. The molecule has 0 spiro atoms. The number of hydrogen-bond donors (Lipinski definition) is 0. The predicted octanol–water partition coefficient (Wildman–Crippen LogP) is 4.19. The van der Waals surface area contributed by atoms with E-state index in [-0.39, 0.29) is 18.2 Å². The van der Waals surface area contributed by atoms with Crippen molar-refractivity contribution >= 4 is 35.2 Å². The Morgan fingerprint density at radius 3 is 2.46 bits per heavy atom. The minimum atomic E-state index is 0. The fourth-order valence-electron chi connectivity index (χ4n) is 3.41. The van der Waals surface area contributed by atoms with Crippen LogP contribution in [0.1, 0.15) is 26.5 Å². The van der Waals surface area contributed by atoms with E-state index in [1.165, 1.54) is 4.88 Å². The maximum absolute atomic E-state index is 12.4. The largest absolute Gasteiger partial charge is 0.495 e. The highest BCUT2D eigenvalue weighted by Gasteiger charge is 2.20. The molecule has 142 valence electrons. The summed E-state index contributed by atoms with van der Waals surface area (Å²) in [7, 11) is 1.72. The van der Waals surface area contributed by atoms with Crippen molar-refractivity contribution in [3.8, 4) is 5.75 Å². The summed E-state index contributed by atoms with van der Waals surface area (Å²) < 4.78 is 5.47. The van der Waals surface area contributed by atoms with Gasteiger partial charge < -0.3 is 9.64 Å². The number of Topliss-reactive ketones (excluding diaryl/α,β-unsaturated/α-hetero) is 1. The van der Waals surface area contributed by atoms with Crippen LogP contribution in [0.15, 0.2) is 30.3 Å². The predicted molar refractivity (Wildman–Crippen MR) is 112 cm³/mol. The van der Waals surface area contributed by atoms with Gasteiger partial charge in [0, 0.05) is 54.5 Å². The van der Waals surface area contributed by atoms with Gasteiger partial charge in [-0.1, -0.05) is 12.1 Å². The van der Waals surface area contributed by atoms with Gasteiger partial charge in [0.05, 0.1) is 12.8 Å². The number of ether oxygens (including phenoxy) is 1. The Morgan fingerprint density at radius 1 is 1.15 bits per heavy atom. The second kappa shape index (κ2) is 9.40. The lowest BCUT2D eigenvalue weighted by molar-refractivity contribution is 0.0962. The van der Waals surface area contributed by atoms with Crippen LogP contribution in [0.5, 0.6) is 5.75 Å². The molecular formula is C20H27ClN2O2S. The fourth-order valence-corrected chi connectivity index (χ4v) is 4.35. The molecule has 1 aliphatic heterocycles. The Morgan fingerprint density at radius 2 is 1.85 bits per heavy atom. The summed E-state index contributed by atoms with van der Waals surface area (Å²) in [5, 5.41) is 0. The van der Waals surface area contributed by atoms with Crippen LogP contribution in [-0.2, 0) is 0 Å². The van der Waals surface area contributed by atoms with Crippen molar-refractivity contribution in [2.24, 2.45) is 0 Å². The standard InChI is InChI=1S/C20H26N2O2S.ClH/c1-15-14-17(16(2)25-15)19(23)8-9-21-10-12-22(13-11-21)18-6-4-5-7-20(18)24-3;/h4-7,14H,8-13H2,1-3H3;1H. The molecule has 0 aliphatic carbocycles. The average molecular weight is 395 g/mol. The molecule has 3 rings (SSSR count). The number of ketones is 1. The van der Waals surface area contributed by atoms with Crippen LogP contribution in [0, 0.1) is 13.8 Å². The van der Waals surface area contributed by atoms with E-state index in [0.717, 1.165) is 54.6 Å². The van der Waals surface area contributed by atoms with E-state index in [4.69, 9.17) is 4.74 Å². The molecule has 1 saturated heterocycles. The number of para-hydroxylation sites is 2. The molecule has 0 saturated carbocycles. The molecule has 0 radical (unpaired) electrons. The number of methoxy groups -OCH3 is 1. The van der Waals surface area contributed by atoms with Crippen LogP contribution in [0.3, 0.4) is 0 Å².